The van der Waals surface area contributed by atoms with E-state index in [4.69, 9.17) is 10.5 Å². The molecule has 1 saturated carbocycles. The fraction of sp³-hybridized carbons (Fsp3) is 0.400. The van der Waals surface area contributed by atoms with Crippen LogP contribution in [-0.2, 0) is 6.61 Å². The minimum Gasteiger partial charge on any atom is -0.487 e. The van der Waals surface area contributed by atoms with Crippen LogP contribution < -0.4 is 10.5 Å². The molecule has 2 N–H and O–H groups in total. The smallest absolute Gasteiger partial charge is 0.132 e. The van der Waals surface area contributed by atoms with Gasteiger partial charge in [-0.2, -0.15) is 5.10 Å². The summed E-state index contributed by atoms with van der Waals surface area (Å²) in [6.45, 7) is 0.468. The molecule has 1 heterocycles. The summed E-state index contributed by atoms with van der Waals surface area (Å²) in [5, 5.41) is 4.60. The molecular formula is C15H18BrN3O. The van der Waals surface area contributed by atoms with Gasteiger partial charge in [-0.3, -0.25) is 4.68 Å². The molecule has 0 spiro atoms. The highest BCUT2D eigenvalue weighted by Gasteiger charge is 2.17. The molecule has 0 unspecified atom stereocenters. The number of halogens is 1. The Labute approximate surface area is 127 Å². The molecule has 2 aromatic rings. The zero-order valence-corrected chi connectivity index (χ0v) is 12.8. The molecule has 1 aromatic heterocycles. The van der Waals surface area contributed by atoms with Gasteiger partial charge in [0.1, 0.15) is 12.4 Å². The lowest BCUT2D eigenvalue weighted by Gasteiger charge is -2.09. The van der Waals surface area contributed by atoms with Crippen LogP contribution in [0.1, 0.15) is 37.4 Å². The Morgan fingerprint density at radius 3 is 2.85 bits per heavy atom. The Morgan fingerprint density at radius 1 is 1.30 bits per heavy atom. The number of nitrogens with two attached hydrogens (primary N) is 1. The standard InChI is InChI=1S/C15H18BrN3O/c16-11-7-12(17)9-15(8-11)20-10-13-5-6-19(18-13)14-3-1-2-4-14/h5-9,14H,1-4,10,17H2. The van der Waals surface area contributed by atoms with Crippen molar-refractivity contribution in [3.63, 3.8) is 0 Å². The van der Waals surface area contributed by atoms with Gasteiger partial charge in [-0.25, -0.2) is 0 Å². The molecule has 0 aliphatic heterocycles. The van der Waals surface area contributed by atoms with Crippen LogP contribution in [0.5, 0.6) is 5.75 Å². The molecule has 5 heteroatoms. The van der Waals surface area contributed by atoms with Gasteiger partial charge in [0.25, 0.3) is 0 Å². The summed E-state index contributed by atoms with van der Waals surface area (Å²) in [7, 11) is 0. The van der Waals surface area contributed by atoms with Crippen LogP contribution in [-0.4, -0.2) is 9.78 Å². The van der Waals surface area contributed by atoms with Gasteiger partial charge in [-0.05, 0) is 31.0 Å². The summed E-state index contributed by atoms with van der Waals surface area (Å²) in [4.78, 5) is 0. The number of aromatic nitrogens is 2. The second-order valence-corrected chi connectivity index (χ2v) is 6.15. The summed E-state index contributed by atoms with van der Waals surface area (Å²) in [5.74, 6) is 0.757. The molecule has 0 bridgehead atoms. The second kappa shape index (κ2) is 5.87. The maximum atomic E-state index is 5.79. The topological polar surface area (TPSA) is 53.1 Å². The highest BCUT2D eigenvalue weighted by atomic mass is 79.9. The van der Waals surface area contributed by atoms with Gasteiger partial charge < -0.3 is 10.5 Å². The van der Waals surface area contributed by atoms with Crippen molar-refractivity contribution in [2.75, 3.05) is 5.73 Å². The van der Waals surface area contributed by atoms with Crippen LogP contribution in [0.25, 0.3) is 0 Å². The zero-order valence-electron chi connectivity index (χ0n) is 11.3. The number of rotatable bonds is 4. The molecule has 1 aliphatic rings. The number of nitrogen functional groups attached to an aromatic ring is 1. The number of ether oxygens (including phenoxy) is 1. The number of hydrogen-bond donors (Lipinski definition) is 1. The molecule has 1 fully saturated rings. The van der Waals surface area contributed by atoms with Crippen molar-refractivity contribution in [3.05, 3.63) is 40.6 Å². The van der Waals surface area contributed by atoms with Crippen molar-refractivity contribution < 1.29 is 4.74 Å². The third kappa shape index (κ3) is 3.15. The molecule has 0 amide bonds. The van der Waals surface area contributed by atoms with Crippen LogP contribution in [0.15, 0.2) is 34.9 Å². The first-order valence-corrected chi connectivity index (χ1v) is 7.73. The van der Waals surface area contributed by atoms with E-state index in [0.29, 0.717) is 18.3 Å². The summed E-state index contributed by atoms with van der Waals surface area (Å²) in [6, 6.07) is 8.18. The van der Waals surface area contributed by atoms with E-state index < -0.39 is 0 Å². The number of hydrogen-bond acceptors (Lipinski definition) is 3. The largest absolute Gasteiger partial charge is 0.487 e. The van der Waals surface area contributed by atoms with Gasteiger partial charge in [-0.15, -0.1) is 0 Å². The predicted octanol–water partition coefficient (Wildman–Crippen LogP) is 3.92. The molecule has 0 atom stereocenters. The Balaban J connectivity index is 1.63. The van der Waals surface area contributed by atoms with E-state index in [1.54, 1.807) is 0 Å². The summed E-state index contributed by atoms with van der Waals surface area (Å²) in [5.41, 5.74) is 7.43. The summed E-state index contributed by atoms with van der Waals surface area (Å²) < 4.78 is 8.75. The SMILES string of the molecule is Nc1cc(Br)cc(OCc2ccn(C3CCCC3)n2)c1. The molecule has 1 aromatic carbocycles. The zero-order chi connectivity index (χ0) is 13.9. The van der Waals surface area contributed by atoms with E-state index in [1.807, 2.05) is 24.3 Å². The molecule has 1 aliphatic carbocycles. The number of anilines is 1. The fourth-order valence-corrected chi connectivity index (χ4v) is 3.14. The highest BCUT2D eigenvalue weighted by Crippen LogP contribution is 2.29. The van der Waals surface area contributed by atoms with E-state index in [1.165, 1.54) is 25.7 Å². The van der Waals surface area contributed by atoms with Gasteiger partial charge in [0.15, 0.2) is 0 Å². The molecule has 20 heavy (non-hydrogen) atoms. The molecule has 0 saturated heterocycles. The van der Waals surface area contributed by atoms with Crippen molar-refractivity contribution in [1.29, 1.82) is 0 Å². The minimum absolute atomic E-state index is 0.468. The van der Waals surface area contributed by atoms with Crippen molar-refractivity contribution in [2.45, 2.75) is 38.3 Å². The van der Waals surface area contributed by atoms with Gasteiger partial charge in [-0.1, -0.05) is 28.8 Å². The molecular weight excluding hydrogens is 318 g/mol. The van der Waals surface area contributed by atoms with Gasteiger partial charge in [0, 0.05) is 22.4 Å². The van der Waals surface area contributed by atoms with Gasteiger partial charge >= 0.3 is 0 Å². The maximum Gasteiger partial charge on any atom is 0.132 e. The van der Waals surface area contributed by atoms with Crippen LogP contribution >= 0.6 is 15.9 Å². The van der Waals surface area contributed by atoms with Gasteiger partial charge in [0.05, 0.1) is 11.7 Å². The van der Waals surface area contributed by atoms with Crippen molar-refractivity contribution in [1.82, 2.24) is 9.78 Å². The molecule has 4 nitrogen and oxygen atoms in total. The van der Waals surface area contributed by atoms with Crippen LogP contribution in [0.3, 0.4) is 0 Å². The first-order chi connectivity index (χ1) is 9.70. The Morgan fingerprint density at radius 2 is 2.10 bits per heavy atom. The first kappa shape index (κ1) is 13.5. The van der Waals surface area contributed by atoms with Gasteiger partial charge in [0.2, 0.25) is 0 Å². The van der Waals surface area contributed by atoms with E-state index in [9.17, 15) is 0 Å². The van der Waals surface area contributed by atoms with E-state index in [-0.39, 0.29) is 0 Å². The Bertz CT molecular complexity index is 570. The minimum atomic E-state index is 0.468. The monoisotopic (exact) mass is 335 g/mol. The number of benzene rings is 1. The third-order valence-electron chi connectivity index (χ3n) is 3.64. The predicted molar refractivity (Wildman–Crippen MR) is 82.6 cm³/mol. The first-order valence-electron chi connectivity index (χ1n) is 6.93. The average molecular weight is 336 g/mol. The van der Waals surface area contributed by atoms with Crippen LogP contribution in [0.4, 0.5) is 5.69 Å². The normalized spacial score (nSPS) is 15.7. The van der Waals surface area contributed by atoms with E-state index in [0.717, 1.165) is 15.9 Å². The lowest BCUT2D eigenvalue weighted by atomic mass is 10.3. The van der Waals surface area contributed by atoms with Crippen molar-refractivity contribution in [3.8, 4) is 5.75 Å². The maximum absolute atomic E-state index is 5.79. The highest BCUT2D eigenvalue weighted by molar-refractivity contribution is 9.10. The summed E-state index contributed by atoms with van der Waals surface area (Å²) >= 11 is 3.41. The second-order valence-electron chi connectivity index (χ2n) is 5.23. The third-order valence-corrected chi connectivity index (χ3v) is 4.10. The number of nitrogens with zero attached hydrogens (tertiary/aromatic N) is 2. The van der Waals surface area contributed by atoms with Crippen molar-refractivity contribution in [2.24, 2.45) is 0 Å². The molecule has 106 valence electrons. The average Bonchev–Trinajstić information content (AvgIpc) is 3.06. The van der Waals surface area contributed by atoms with Crippen LogP contribution in [0.2, 0.25) is 0 Å². The molecule has 0 radical (unpaired) electrons. The van der Waals surface area contributed by atoms with E-state index >= 15 is 0 Å². The summed E-state index contributed by atoms with van der Waals surface area (Å²) in [6.07, 6.45) is 7.17. The lowest BCUT2D eigenvalue weighted by Crippen LogP contribution is -2.06. The lowest BCUT2D eigenvalue weighted by molar-refractivity contribution is 0.298. The fourth-order valence-electron chi connectivity index (χ4n) is 2.65. The quantitative estimate of drug-likeness (QED) is 0.861. The molecule has 3 rings (SSSR count). The van der Waals surface area contributed by atoms with Crippen molar-refractivity contribution >= 4 is 21.6 Å². The van der Waals surface area contributed by atoms with E-state index in [2.05, 4.69) is 31.9 Å². The Kier molecular flexibility index (Phi) is 3.96. The Hall–Kier alpha value is -1.49. The van der Waals surface area contributed by atoms with Crippen LogP contribution in [0, 0.1) is 0 Å².